The Labute approximate surface area is 112 Å². The highest BCUT2D eigenvalue weighted by Crippen LogP contribution is 2.44. The zero-order valence-electron chi connectivity index (χ0n) is 11.1. The molecule has 0 bridgehead atoms. The molecule has 0 heterocycles. The van der Waals surface area contributed by atoms with Crippen LogP contribution in [0.1, 0.15) is 44.2 Å². The van der Waals surface area contributed by atoms with Crippen LogP contribution in [0.15, 0.2) is 30.3 Å². The summed E-state index contributed by atoms with van der Waals surface area (Å²) in [6.07, 6.45) is -0.0946. The Hall–Kier alpha value is -1.03. The molecule has 1 unspecified atom stereocenters. The van der Waals surface area contributed by atoms with Gasteiger partial charge in [-0.05, 0) is 30.2 Å². The Morgan fingerprint density at radius 3 is 2.26 bits per heavy atom. The third kappa shape index (κ3) is 3.30. The molecular weight excluding hydrogens is 251 g/mol. The van der Waals surface area contributed by atoms with Gasteiger partial charge < -0.3 is 5.32 Å². The minimum absolute atomic E-state index is 0.0816. The summed E-state index contributed by atoms with van der Waals surface area (Å²) >= 11 is 0. The first-order valence-corrected chi connectivity index (χ1v) is 6.82. The van der Waals surface area contributed by atoms with Crippen LogP contribution in [-0.4, -0.2) is 12.7 Å². The molecule has 0 radical (unpaired) electrons. The zero-order valence-corrected chi connectivity index (χ0v) is 11.1. The molecule has 0 saturated heterocycles. The molecule has 1 atom stereocenters. The summed E-state index contributed by atoms with van der Waals surface area (Å²) in [6.45, 7) is 2.51. The molecule has 2 rings (SSSR count). The summed E-state index contributed by atoms with van der Waals surface area (Å²) in [6, 6.07) is 6.53. The van der Waals surface area contributed by atoms with Crippen molar-refractivity contribution in [2.24, 2.45) is 5.41 Å². The predicted octanol–water partition coefficient (Wildman–Crippen LogP) is 4.46. The monoisotopic (exact) mass is 271 g/mol. The summed E-state index contributed by atoms with van der Waals surface area (Å²) in [5, 5.41) is 2.74. The van der Waals surface area contributed by atoms with Crippen LogP contribution in [0.3, 0.4) is 0 Å². The predicted molar refractivity (Wildman–Crippen MR) is 69.8 cm³/mol. The third-order valence-corrected chi connectivity index (χ3v) is 4.31. The maximum Gasteiger partial charge on any atom is 0.407 e. The van der Waals surface area contributed by atoms with E-state index in [0.29, 0.717) is 12.1 Å². The van der Waals surface area contributed by atoms with Crippen molar-refractivity contribution in [1.82, 2.24) is 5.32 Å². The van der Waals surface area contributed by atoms with Crippen molar-refractivity contribution in [2.45, 2.75) is 44.8 Å². The summed E-state index contributed by atoms with van der Waals surface area (Å²) in [5.41, 5.74) is 0.374. The molecular formula is C15H20F3N. The van der Waals surface area contributed by atoms with Crippen molar-refractivity contribution in [3.63, 3.8) is 0 Å². The fourth-order valence-corrected chi connectivity index (χ4v) is 2.72. The van der Waals surface area contributed by atoms with Crippen LogP contribution < -0.4 is 5.32 Å². The second kappa shape index (κ2) is 5.53. The topological polar surface area (TPSA) is 12.0 Å². The van der Waals surface area contributed by atoms with Crippen LogP contribution in [0.5, 0.6) is 0 Å². The summed E-state index contributed by atoms with van der Waals surface area (Å²) in [5.74, 6) is 0. The van der Waals surface area contributed by atoms with E-state index in [1.54, 1.807) is 18.2 Å². The summed E-state index contributed by atoms with van der Waals surface area (Å²) in [7, 11) is 0. The van der Waals surface area contributed by atoms with E-state index in [9.17, 15) is 13.2 Å². The van der Waals surface area contributed by atoms with Crippen molar-refractivity contribution in [1.29, 1.82) is 0 Å². The zero-order chi connectivity index (χ0) is 13.9. The van der Waals surface area contributed by atoms with E-state index < -0.39 is 12.2 Å². The van der Waals surface area contributed by atoms with Gasteiger partial charge in [0, 0.05) is 6.54 Å². The highest BCUT2D eigenvalue weighted by molar-refractivity contribution is 5.20. The molecule has 1 fully saturated rings. The molecule has 1 saturated carbocycles. The van der Waals surface area contributed by atoms with Gasteiger partial charge in [0.05, 0.1) is 0 Å². The SMILES string of the molecule is CCC1(CNC(c2ccccc2)C(F)(F)F)CCC1. The van der Waals surface area contributed by atoms with Crippen LogP contribution in [0.4, 0.5) is 13.2 Å². The van der Waals surface area contributed by atoms with Gasteiger partial charge in [-0.25, -0.2) is 0 Å². The molecule has 1 aliphatic carbocycles. The van der Waals surface area contributed by atoms with Gasteiger partial charge in [-0.3, -0.25) is 0 Å². The first-order valence-electron chi connectivity index (χ1n) is 6.82. The minimum atomic E-state index is -4.25. The van der Waals surface area contributed by atoms with Crippen molar-refractivity contribution >= 4 is 0 Å². The van der Waals surface area contributed by atoms with Gasteiger partial charge in [-0.2, -0.15) is 13.2 Å². The number of rotatable bonds is 5. The second-order valence-corrected chi connectivity index (χ2v) is 5.47. The van der Waals surface area contributed by atoms with Crippen LogP contribution in [0.25, 0.3) is 0 Å². The van der Waals surface area contributed by atoms with Crippen molar-refractivity contribution in [3.05, 3.63) is 35.9 Å². The number of hydrogen-bond donors (Lipinski definition) is 1. The second-order valence-electron chi connectivity index (χ2n) is 5.47. The average molecular weight is 271 g/mol. The fourth-order valence-electron chi connectivity index (χ4n) is 2.72. The number of hydrogen-bond acceptors (Lipinski definition) is 1. The van der Waals surface area contributed by atoms with Gasteiger partial charge in [0.1, 0.15) is 6.04 Å². The van der Waals surface area contributed by atoms with Crippen molar-refractivity contribution in [3.8, 4) is 0 Å². The van der Waals surface area contributed by atoms with E-state index in [1.807, 2.05) is 0 Å². The summed E-state index contributed by atoms with van der Waals surface area (Å²) < 4.78 is 39.4. The normalized spacial score (nSPS) is 19.8. The third-order valence-electron chi connectivity index (χ3n) is 4.31. The average Bonchev–Trinajstić information content (AvgIpc) is 2.32. The van der Waals surface area contributed by atoms with Crippen molar-refractivity contribution < 1.29 is 13.2 Å². The molecule has 0 aromatic heterocycles. The highest BCUT2D eigenvalue weighted by Gasteiger charge is 2.43. The highest BCUT2D eigenvalue weighted by atomic mass is 19.4. The number of benzene rings is 1. The molecule has 1 aromatic rings. The number of nitrogens with one attached hydrogen (secondary N) is 1. The molecule has 0 aliphatic heterocycles. The maximum absolute atomic E-state index is 13.1. The summed E-state index contributed by atoms with van der Waals surface area (Å²) in [4.78, 5) is 0. The van der Waals surface area contributed by atoms with Crippen molar-refractivity contribution in [2.75, 3.05) is 6.54 Å². The van der Waals surface area contributed by atoms with Crippen LogP contribution >= 0.6 is 0 Å². The van der Waals surface area contributed by atoms with E-state index >= 15 is 0 Å². The molecule has 1 aliphatic rings. The maximum atomic E-state index is 13.1. The quantitative estimate of drug-likeness (QED) is 0.833. The van der Waals surface area contributed by atoms with E-state index in [4.69, 9.17) is 0 Å². The lowest BCUT2D eigenvalue weighted by atomic mass is 9.67. The van der Waals surface area contributed by atoms with E-state index in [-0.39, 0.29) is 5.41 Å². The van der Waals surface area contributed by atoms with Crippen LogP contribution in [0.2, 0.25) is 0 Å². The minimum Gasteiger partial charge on any atom is -0.302 e. The smallest absolute Gasteiger partial charge is 0.302 e. The lowest BCUT2D eigenvalue weighted by Crippen LogP contribution is -2.44. The Balaban J connectivity index is 2.07. The Bertz CT molecular complexity index is 390. The first-order chi connectivity index (χ1) is 8.97. The first kappa shape index (κ1) is 14.4. The number of halogens is 3. The van der Waals surface area contributed by atoms with Gasteiger partial charge >= 0.3 is 6.18 Å². The van der Waals surface area contributed by atoms with E-state index in [1.165, 1.54) is 12.1 Å². The molecule has 19 heavy (non-hydrogen) atoms. The number of alkyl halides is 3. The lowest BCUT2D eigenvalue weighted by Gasteiger charge is -2.42. The van der Waals surface area contributed by atoms with Crippen LogP contribution in [0, 0.1) is 5.41 Å². The molecule has 1 aromatic carbocycles. The largest absolute Gasteiger partial charge is 0.407 e. The molecule has 1 N–H and O–H groups in total. The standard InChI is InChI=1S/C15H20F3N/c1-2-14(9-6-10-14)11-19-13(15(16,17)18)12-7-4-3-5-8-12/h3-5,7-8,13,19H,2,6,9-11H2,1H3. The molecule has 106 valence electrons. The van der Waals surface area contributed by atoms with E-state index in [2.05, 4.69) is 12.2 Å². The molecule has 0 spiro atoms. The Morgan fingerprint density at radius 1 is 1.21 bits per heavy atom. The Morgan fingerprint density at radius 2 is 1.84 bits per heavy atom. The van der Waals surface area contributed by atoms with Crippen LogP contribution in [-0.2, 0) is 0 Å². The van der Waals surface area contributed by atoms with Gasteiger partial charge in [-0.1, -0.05) is 43.7 Å². The van der Waals surface area contributed by atoms with Gasteiger partial charge in [0.2, 0.25) is 0 Å². The molecule has 0 amide bonds. The van der Waals surface area contributed by atoms with Gasteiger partial charge in [0.15, 0.2) is 0 Å². The van der Waals surface area contributed by atoms with Gasteiger partial charge in [0.25, 0.3) is 0 Å². The molecule has 4 heteroatoms. The lowest BCUT2D eigenvalue weighted by molar-refractivity contribution is -0.159. The van der Waals surface area contributed by atoms with E-state index in [0.717, 1.165) is 25.7 Å². The Kier molecular flexibility index (Phi) is 4.19. The molecule has 1 nitrogen and oxygen atoms in total. The fraction of sp³-hybridized carbons (Fsp3) is 0.600. The van der Waals surface area contributed by atoms with Gasteiger partial charge in [-0.15, -0.1) is 0 Å².